The number of nitrogens with zero attached hydrogens (tertiary/aromatic N) is 4. The summed E-state index contributed by atoms with van der Waals surface area (Å²) in [6, 6.07) is 16.0. The maximum atomic E-state index is 12.9. The molecule has 1 aliphatic heterocycles. The Labute approximate surface area is 225 Å². The number of thioether (sulfide) groups is 1. The van der Waals surface area contributed by atoms with Gasteiger partial charge in [0.25, 0.3) is 0 Å². The lowest BCUT2D eigenvalue weighted by Crippen LogP contribution is -2.41. The van der Waals surface area contributed by atoms with Gasteiger partial charge in [0.2, 0.25) is 5.91 Å². The van der Waals surface area contributed by atoms with Crippen molar-refractivity contribution in [3.05, 3.63) is 81.4 Å². The molecule has 2 aromatic heterocycles. The highest BCUT2D eigenvalue weighted by Gasteiger charge is 2.47. The van der Waals surface area contributed by atoms with Gasteiger partial charge in [-0.1, -0.05) is 42.0 Å². The zero-order valence-corrected chi connectivity index (χ0v) is 22.3. The number of aryl methyl sites for hydroxylation is 1. The molecule has 2 aromatic carbocycles. The zero-order valence-electron chi connectivity index (χ0n) is 19.4. The van der Waals surface area contributed by atoms with Gasteiger partial charge < -0.3 is 20.8 Å². The Kier molecular flexibility index (Phi) is 7.42. The van der Waals surface area contributed by atoms with Gasteiger partial charge in [0, 0.05) is 16.7 Å². The lowest BCUT2D eigenvalue weighted by molar-refractivity contribution is -0.123. The Morgan fingerprint density at radius 2 is 1.86 bits per heavy atom. The fourth-order valence-corrected chi connectivity index (χ4v) is 6.15. The first kappa shape index (κ1) is 24.9. The Balaban J connectivity index is 1.30. The highest BCUT2D eigenvalue weighted by atomic mass is 127. The number of anilines is 1. The Bertz CT molecular complexity index is 1380. The van der Waals surface area contributed by atoms with Gasteiger partial charge in [-0.15, -0.1) is 11.8 Å². The van der Waals surface area contributed by atoms with Gasteiger partial charge in [-0.3, -0.25) is 9.36 Å². The number of benzene rings is 2. The van der Waals surface area contributed by atoms with Crippen molar-refractivity contribution in [2.45, 2.75) is 42.8 Å². The number of hydrogen-bond donors (Lipinski definition) is 4. The topological polar surface area (TPSA) is 125 Å². The number of fused-ring (bicyclic) bond motifs is 1. The maximum Gasteiger partial charge on any atom is 0.236 e. The third-order valence-electron chi connectivity index (χ3n) is 6.07. The molecule has 1 amide bonds. The first-order valence-corrected chi connectivity index (χ1v) is 13.4. The third kappa shape index (κ3) is 5.19. The van der Waals surface area contributed by atoms with Gasteiger partial charge in [-0.2, -0.15) is 0 Å². The van der Waals surface area contributed by atoms with Crippen LogP contribution in [0.3, 0.4) is 0 Å². The van der Waals surface area contributed by atoms with E-state index in [1.54, 1.807) is 10.9 Å². The second-order valence-corrected chi connectivity index (χ2v) is 11.2. The van der Waals surface area contributed by atoms with E-state index in [2.05, 4.69) is 54.2 Å². The summed E-state index contributed by atoms with van der Waals surface area (Å²) in [6.07, 6.45) is 0.609. The van der Waals surface area contributed by atoms with Crippen LogP contribution in [-0.4, -0.2) is 53.1 Å². The number of aliphatic hydroxyl groups excluding tert-OH is 2. The zero-order chi connectivity index (χ0) is 25.2. The molecule has 4 aromatic rings. The van der Waals surface area contributed by atoms with Crippen LogP contribution >= 0.6 is 34.4 Å². The van der Waals surface area contributed by atoms with Crippen LogP contribution in [0.1, 0.15) is 22.1 Å². The van der Waals surface area contributed by atoms with E-state index < -0.39 is 22.8 Å². The van der Waals surface area contributed by atoms with Crippen molar-refractivity contribution < 1.29 is 15.0 Å². The number of hydrogen-bond acceptors (Lipinski definition) is 8. The number of imidazole rings is 1. The number of aliphatic hydroxyl groups is 2. The van der Waals surface area contributed by atoms with Gasteiger partial charge in [0.15, 0.2) is 11.5 Å². The van der Waals surface area contributed by atoms with Crippen LogP contribution in [0.5, 0.6) is 0 Å². The molecule has 4 atom stereocenters. The van der Waals surface area contributed by atoms with Crippen molar-refractivity contribution in [1.82, 2.24) is 24.8 Å². The van der Waals surface area contributed by atoms with Crippen LogP contribution in [0.25, 0.3) is 11.2 Å². The van der Waals surface area contributed by atoms with Crippen molar-refractivity contribution in [1.29, 1.82) is 0 Å². The molecule has 0 unspecified atom stereocenters. The first-order chi connectivity index (χ1) is 17.4. The van der Waals surface area contributed by atoms with Crippen molar-refractivity contribution in [3.8, 4) is 0 Å². The summed E-state index contributed by atoms with van der Waals surface area (Å²) in [5, 5.41) is 26.2. The quantitative estimate of drug-likeness (QED) is 0.234. The van der Waals surface area contributed by atoms with Crippen LogP contribution in [0, 0.1) is 10.5 Å². The number of amides is 1. The molecule has 1 fully saturated rings. The average Bonchev–Trinajstić information content (AvgIpc) is 3.43. The minimum atomic E-state index is -1.23. The minimum Gasteiger partial charge on any atom is -0.389 e. The number of carbonyl (C=O) groups excluding carboxylic acids is 1. The molecular weight excluding hydrogens is 591 g/mol. The Morgan fingerprint density at radius 1 is 1.06 bits per heavy atom. The SMILES string of the molecule is Cc1ccc(CNC(=O)[C@H]2S[C@@H](n3cnc4c(NCc5cccc(I)c5)ncnc43)[C@H](O)[C@@H]2O)cc1. The van der Waals surface area contributed by atoms with Crippen LogP contribution in [-0.2, 0) is 17.9 Å². The van der Waals surface area contributed by atoms with Gasteiger partial charge in [-0.05, 0) is 52.8 Å². The van der Waals surface area contributed by atoms with Crippen LogP contribution < -0.4 is 10.6 Å². The van der Waals surface area contributed by atoms with Gasteiger partial charge >= 0.3 is 0 Å². The molecule has 0 bridgehead atoms. The second kappa shape index (κ2) is 10.7. The van der Waals surface area contributed by atoms with Crippen LogP contribution in [0.2, 0.25) is 0 Å². The van der Waals surface area contributed by atoms with E-state index >= 15 is 0 Å². The van der Waals surface area contributed by atoms with E-state index in [0.717, 1.165) is 20.3 Å². The third-order valence-corrected chi connectivity index (χ3v) is 8.31. The fourth-order valence-electron chi connectivity index (χ4n) is 4.10. The molecule has 5 rings (SSSR count). The van der Waals surface area contributed by atoms with E-state index in [9.17, 15) is 15.0 Å². The predicted octanol–water partition coefficient (Wildman–Crippen LogP) is 3.00. The predicted molar refractivity (Wildman–Crippen MR) is 147 cm³/mol. The standard InChI is InChI=1S/C25H25IN6O3S/c1-14-5-7-15(8-6-14)10-28-24(35)21-19(33)20(34)25(36-21)32-13-31-18-22(29-12-30-23(18)32)27-11-16-3-2-4-17(26)9-16/h2-9,12-13,19-21,25,33-34H,10-11H2,1H3,(H,28,35)(H,27,29,30)/t19-,20+,21-,25+/m0/s1. The molecule has 0 radical (unpaired) electrons. The highest BCUT2D eigenvalue weighted by Crippen LogP contribution is 2.43. The van der Waals surface area contributed by atoms with Crippen molar-refractivity contribution >= 4 is 57.2 Å². The number of nitrogens with one attached hydrogen (secondary N) is 2. The molecule has 3 heterocycles. The van der Waals surface area contributed by atoms with E-state index in [1.165, 1.54) is 18.1 Å². The van der Waals surface area contributed by atoms with E-state index in [1.807, 2.05) is 49.4 Å². The molecule has 0 spiro atoms. The molecular formula is C25H25IN6O3S. The summed E-state index contributed by atoms with van der Waals surface area (Å²) in [5.74, 6) is 0.247. The molecule has 9 nitrogen and oxygen atoms in total. The fraction of sp³-hybridized carbons (Fsp3) is 0.280. The van der Waals surface area contributed by atoms with Gasteiger partial charge in [0.1, 0.15) is 34.7 Å². The lowest BCUT2D eigenvalue weighted by Gasteiger charge is -2.17. The van der Waals surface area contributed by atoms with Crippen LogP contribution in [0.15, 0.2) is 61.2 Å². The van der Waals surface area contributed by atoms with E-state index in [0.29, 0.717) is 30.1 Å². The number of carbonyl (C=O) groups is 1. The van der Waals surface area contributed by atoms with Gasteiger partial charge in [0.05, 0.1) is 6.33 Å². The lowest BCUT2D eigenvalue weighted by atomic mass is 10.1. The molecule has 1 saturated heterocycles. The summed E-state index contributed by atoms with van der Waals surface area (Å²) in [5.41, 5.74) is 4.28. The highest BCUT2D eigenvalue weighted by molar-refractivity contribution is 14.1. The first-order valence-electron chi connectivity index (χ1n) is 11.4. The molecule has 0 aliphatic carbocycles. The van der Waals surface area contributed by atoms with Crippen molar-refractivity contribution in [2.75, 3.05) is 5.32 Å². The van der Waals surface area contributed by atoms with Crippen LogP contribution in [0.4, 0.5) is 5.82 Å². The molecule has 1 aliphatic rings. The molecule has 11 heteroatoms. The Hall–Kier alpha value is -2.74. The molecule has 36 heavy (non-hydrogen) atoms. The summed E-state index contributed by atoms with van der Waals surface area (Å²) in [7, 11) is 0. The molecule has 4 N–H and O–H groups in total. The van der Waals surface area contributed by atoms with Crippen molar-refractivity contribution in [3.63, 3.8) is 0 Å². The summed E-state index contributed by atoms with van der Waals surface area (Å²) in [4.78, 5) is 26.0. The Morgan fingerprint density at radius 3 is 2.64 bits per heavy atom. The monoisotopic (exact) mass is 616 g/mol. The van der Waals surface area contributed by atoms with E-state index in [4.69, 9.17) is 0 Å². The number of rotatable bonds is 7. The summed E-state index contributed by atoms with van der Waals surface area (Å²) >= 11 is 3.47. The van der Waals surface area contributed by atoms with Crippen molar-refractivity contribution in [2.24, 2.45) is 0 Å². The largest absolute Gasteiger partial charge is 0.389 e. The normalized spacial score (nSPS) is 21.6. The number of halogens is 1. The minimum absolute atomic E-state index is 0.325. The molecule has 186 valence electrons. The summed E-state index contributed by atoms with van der Waals surface area (Å²) in [6.45, 7) is 2.92. The van der Waals surface area contributed by atoms with E-state index in [-0.39, 0.29) is 5.91 Å². The smallest absolute Gasteiger partial charge is 0.236 e. The summed E-state index contributed by atoms with van der Waals surface area (Å²) < 4.78 is 2.84. The maximum absolute atomic E-state index is 12.9. The second-order valence-electron chi connectivity index (χ2n) is 8.66. The molecule has 0 saturated carbocycles. The van der Waals surface area contributed by atoms with Gasteiger partial charge in [-0.25, -0.2) is 15.0 Å². The average molecular weight is 616 g/mol. The number of aromatic nitrogens is 4.